The molecule has 8 heavy (non-hydrogen) atoms. The second kappa shape index (κ2) is 2.46. The summed E-state index contributed by atoms with van der Waals surface area (Å²) in [6, 6.07) is 0.0590. The second-order valence-electron chi connectivity index (χ2n) is 2.52. The van der Waals surface area contributed by atoms with Crippen molar-refractivity contribution >= 4 is 0 Å². The minimum absolute atomic E-state index is 0.0590. The number of hydrogen-bond acceptors (Lipinski definition) is 2. The molecule has 0 aromatic heterocycles. The van der Waals surface area contributed by atoms with Crippen molar-refractivity contribution in [3.63, 3.8) is 0 Å². The van der Waals surface area contributed by atoms with Crippen LogP contribution in [0.5, 0.6) is 0 Å². The molecule has 0 aliphatic heterocycles. The van der Waals surface area contributed by atoms with E-state index >= 15 is 0 Å². The van der Waals surface area contributed by atoms with Crippen LogP contribution in [0.25, 0.3) is 0 Å². The third kappa shape index (κ3) is 1.20. The maximum Gasteiger partial charge on any atom is 0.0691 e. The summed E-state index contributed by atoms with van der Waals surface area (Å²) in [4.78, 5) is 0. The van der Waals surface area contributed by atoms with Gasteiger partial charge in [0.25, 0.3) is 0 Å². The third-order valence-electron chi connectivity index (χ3n) is 1.78. The zero-order chi connectivity index (χ0) is 5.98. The highest BCUT2D eigenvalue weighted by Gasteiger charge is 2.17. The highest BCUT2D eigenvalue weighted by Crippen LogP contribution is 2.15. The van der Waals surface area contributed by atoms with Gasteiger partial charge in [-0.25, -0.2) is 0 Å². The van der Waals surface area contributed by atoms with Gasteiger partial charge in [-0.1, -0.05) is 12.8 Å². The Morgan fingerprint density at radius 1 is 1.25 bits per heavy atom. The van der Waals surface area contributed by atoms with Crippen LogP contribution < -0.4 is 5.73 Å². The predicted octanol–water partition coefficient (Wildman–Crippen LogP) is 0.249. The van der Waals surface area contributed by atoms with Crippen molar-refractivity contribution < 1.29 is 5.11 Å². The molecule has 0 radical (unpaired) electrons. The molecule has 1 saturated carbocycles. The molecule has 1 rings (SSSR count). The monoisotopic (exact) mass is 115 g/mol. The molecular weight excluding hydrogens is 102 g/mol. The Morgan fingerprint density at radius 3 is 2.25 bits per heavy atom. The van der Waals surface area contributed by atoms with E-state index in [4.69, 9.17) is 10.8 Å². The average Bonchev–Trinajstić information content (AvgIpc) is 1.77. The average molecular weight is 115 g/mol. The molecule has 1 unspecified atom stereocenters. The molecule has 0 heterocycles. The maximum absolute atomic E-state index is 9.05. The molecule has 1 aliphatic carbocycles. The van der Waals surface area contributed by atoms with E-state index in [9.17, 15) is 0 Å². The maximum atomic E-state index is 9.05. The zero-order valence-electron chi connectivity index (χ0n) is 5.01. The quantitative estimate of drug-likeness (QED) is 0.475. The molecule has 0 spiro atoms. The van der Waals surface area contributed by atoms with E-state index in [0.29, 0.717) is 0 Å². The lowest BCUT2D eigenvalue weighted by molar-refractivity contribution is 0.108. The topological polar surface area (TPSA) is 46.2 Å². The largest absolute Gasteiger partial charge is 0.392 e. The van der Waals surface area contributed by atoms with E-state index in [1.54, 1.807) is 0 Å². The first-order valence-electron chi connectivity index (χ1n) is 3.24. The SMILES string of the molecule is NC1CCCC[C@H]1O. The van der Waals surface area contributed by atoms with E-state index in [2.05, 4.69) is 0 Å². The lowest BCUT2D eigenvalue weighted by atomic mass is 9.94. The normalized spacial score (nSPS) is 39.8. The highest BCUT2D eigenvalue weighted by molar-refractivity contribution is 4.76. The molecular formula is C6H13NO. The smallest absolute Gasteiger partial charge is 0.0691 e. The van der Waals surface area contributed by atoms with Gasteiger partial charge in [0.2, 0.25) is 0 Å². The molecule has 1 fully saturated rings. The first-order valence-corrected chi connectivity index (χ1v) is 3.24. The summed E-state index contributed by atoms with van der Waals surface area (Å²) >= 11 is 0. The van der Waals surface area contributed by atoms with Crippen molar-refractivity contribution in [1.29, 1.82) is 0 Å². The summed E-state index contributed by atoms with van der Waals surface area (Å²) in [5.74, 6) is 0. The summed E-state index contributed by atoms with van der Waals surface area (Å²) in [5.41, 5.74) is 5.53. The Balaban J connectivity index is 2.28. The number of aliphatic hydroxyl groups is 1. The summed E-state index contributed by atoms with van der Waals surface area (Å²) in [7, 11) is 0. The molecule has 2 atom stereocenters. The van der Waals surface area contributed by atoms with Crippen molar-refractivity contribution in [2.24, 2.45) is 5.73 Å². The predicted molar refractivity (Wildman–Crippen MR) is 32.5 cm³/mol. The van der Waals surface area contributed by atoms with Crippen LogP contribution in [0.4, 0.5) is 0 Å². The Morgan fingerprint density at radius 2 is 1.88 bits per heavy atom. The van der Waals surface area contributed by atoms with Crippen LogP contribution in [0.3, 0.4) is 0 Å². The fourth-order valence-electron chi connectivity index (χ4n) is 1.14. The number of rotatable bonds is 0. The van der Waals surface area contributed by atoms with Crippen molar-refractivity contribution in [1.82, 2.24) is 0 Å². The molecule has 2 heteroatoms. The van der Waals surface area contributed by atoms with Gasteiger partial charge in [-0.15, -0.1) is 0 Å². The first kappa shape index (κ1) is 6.05. The molecule has 0 amide bonds. The van der Waals surface area contributed by atoms with Crippen LogP contribution >= 0.6 is 0 Å². The van der Waals surface area contributed by atoms with E-state index in [0.717, 1.165) is 19.3 Å². The minimum atomic E-state index is -0.219. The van der Waals surface area contributed by atoms with E-state index in [-0.39, 0.29) is 12.1 Å². The molecule has 2 nitrogen and oxygen atoms in total. The van der Waals surface area contributed by atoms with Gasteiger partial charge in [0.05, 0.1) is 6.10 Å². The fraction of sp³-hybridized carbons (Fsp3) is 1.00. The number of aliphatic hydroxyl groups excluding tert-OH is 1. The molecule has 48 valence electrons. The fourth-order valence-corrected chi connectivity index (χ4v) is 1.14. The molecule has 0 saturated heterocycles. The Hall–Kier alpha value is -0.0800. The van der Waals surface area contributed by atoms with E-state index in [1.165, 1.54) is 6.42 Å². The second-order valence-corrected chi connectivity index (χ2v) is 2.52. The van der Waals surface area contributed by atoms with Gasteiger partial charge in [-0.3, -0.25) is 0 Å². The number of hydrogen-bond donors (Lipinski definition) is 2. The summed E-state index contributed by atoms with van der Waals surface area (Å²) in [6.07, 6.45) is 4.03. The lowest BCUT2D eigenvalue weighted by Crippen LogP contribution is -2.37. The molecule has 1 aliphatic rings. The van der Waals surface area contributed by atoms with Gasteiger partial charge >= 0.3 is 0 Å². The van der Waals surface area contributed by atoms with Crippen LogP contribution in [-0.4, -0.2) is 17.3 Å². The lowest BCUT2D eigenvalue weighted by Gasteiger charge is -2.23. The Kier molecular flexibility index (Phi) is 1.86. The third-order valence-corrected chi connectivity index (χ3v) is 1.78. The van der Waals surface area contributed by atoms with Crippen molar-refractivity contribution in [3.05, 3.63) is 0 Å². The van der Waals surface area contributed by atoms with Crippen molar-refractivity contribution in [2.45, 2.75) is 37.8 Å². The van der Waals surface area contributed by atoms with Crippen molar-refractivity contribution in [3.8, 4) is 0 Å². The minimum Gasteiger partial charge on any atom is -0.392 e. The summed E-state index contributed by atoms with van der Waals surface area (Å²) < 4.78 is 0. The van der Waals surface area contributed by atoms with Crippen LogP contribution in [-0.2, 0) is 0 Å². The highest BCUT2D eigenvalue weighted by atomic mass is 16.3. The van der Waals surface area contributed by atoms with Crippen molar-refractivity contribution in [2.75, 3.05) is 0 Å². The molecule has 0 aromatic rings. The van der Waals surface area contributed by atoms with Crippen LogP contribution in [0.2, 0.25) is 0 Å². The van der Waals surface area contributed by atoms with Gasteiger partial charge in [0, 0.05) is 6.04 Å². The first-order chi connectivity index (χ1) is 3.80. The van der Waals surface area contributed by atoms with Gasteiger partial charge in [-0.2, -0.15) is 0 Å². The van der Waals surface area contributed by atoms with Gasteiger partial charge < -0.3 is 10.8 Å². The van der Waals surface area contributed by atoms with Gasteiger partial charge in [0.1, 0.15) is 0 Å². The standard InChI is InChI=1S/C6H13NO/c7-5-3-1-2-4-6(5)8/h5-6,8H,1-4,7H2/t5?,6-/m1/s1. The van der Waals surface area contributed by atoms with E-state index in [1.807, 2.05) is 0 Å². The molecule has 0 bridgehead atoms. The van der Waals surface area contributed by atoms with Crippen LogP contribution in [0, 0.1) is 0 Å². The van der Waals surface area contributed by atoms with Gasteiger partial charge in [-0.05, 0) is 12.8 Å². The zero-order valence-corrected chi connectivity index (χ0v) is 5.01. The summed E-state index contributed by atoms with van der Waals surface area (Å²) in [5, 5.41) is 9.05. The van der Waals surface area contributed by atoms with Crippen LogP contribution in [0.15, 0.2) is 0 Å². The Labute approximate surface area is 49.7 Å². The van der Waals surface area contributed by atoms with E-state index < -0.39 is 0 Å². The summed E-state index contributed by atoms with van der Waals surface area (Å²) in [6.45, 7) is 0. The Bertz CT molecular complexity index is 64.9. The molecule has 3 N–H and O–H groups in total. The number of nitrogens with two attached hydrogens (primary N) is 1. The molecule has 0 aromatic carbocycles. The van der Waals surface area contributed by atoms with Crippen LogP contribution in [0.1, 0.15) is 25.7 Å². The van der Waals surface area contributed by atoms with Gasteiger partial charge in [0.15, 0.2) is 0 Å².